The zero-order chi connectivity index (χ0) is 18.9. The number of sulfone groups is 1. The lowest BCUT2D eigenvalue weighted by molar-refractivity contribution is 0.101. The number of hydrogen-bond donors (Lipinski definition) is 1. The van der Waals surface area contributed by atoms with E-state index in [1.165, 1.54) is 18.2 Å². The van der Waals surface area contributed by atoms with Crippen LogP contribution in [-0.4, -0.2) is 30.8 Å². The highest BCUT2D eigenvalue weighted by molar-refractivity contribution is 7.90. The predicted molar refractivity (Wildman–Crippen MR) is 87.2 cm³/mol. The van der Waals surface area contributed by atoms with Crippen LogP contribution in [0, 0.1) is 11.6 Å². The minimum absolute atomic E-state index is 0.0401. The van der Waals surface area contributed by atoms with Crippen molar-refractivity contribution < 1.29 is 26.4 Å². The molecule has 1 amide bonds. The summed E-state index contributed by atoms with van der Waals surface area (Å²) in [5.74, 6) is -3.39. The molecule has 0 bridgehead atoms. The van der Waals surface area contributed by atoms with E-state index in [4.69, 9.17) is 4.42 Å². The average Bonchev–Trinajstić information content (AvgIpc) is 3.02. The van der Waals surface area contributed by atoms with Crippen molar-refractivity contribution in [2.75, 3.05) is 11.6 Å². The molecule has 1 aromatic heterocycles. The Hall–Kier alpha value is -3.14. The lowest BCUT2D eigenvalue weighted by Crippen LogP contribution is -2.16. The summed E-state index contributed by atoms with van der Waals surface area (Å²) < 4.78 is 56.1. The van der Waals surface area contributed by atoms with E-state index in [0.717, 1.165) is 24.5 Å². The second-order valence-corrected chi connectivity index (χ2v) is 7.22. The Bertz CT molecular complexity index is 1080. The van der Waals surface area contributed by atoms with Crippen molar-refractivity contribution in [3.8, 4) is 11.5 Å². The van der Waals surface area contributed by atoms with E-state index in [9.17, 15) is 22.0 Å². The lowest BCUT2D eigenvalue weighted by Gasteiger charge is -2.04. The summed E-state index contributed by atoms with van der Waals surface area (Å²) in [4.78, 5) is 12.0. The average molecular weight is 379 g/mol. The van der Waals surface area contributed by atoms with Crippen LogP contribution in [0.25, 0.3) is 11.5 Å². The summed E-state index contributed by atoms with van der Waals surface area (Å²) in [6.07, 6.45) is 1.02. The molecule has 0 spiro atoms. The molecule has 134 valence electrons. The topological polar surface area (TPSA) is 102 Å². The highest BCUT2D eigenvalue weighted by atomic mass is 32.2. The molecule has 0 aliphatic rings. The summed E-state index contributed by atoms with van der Waals surface area (Å²) in [6, 6.07) is 8.46. The first-order chi connectivity index (χ1) is 12.3. The van der Waals surface area contributed by atoms with Crippen molar-refractivity contribution in [1.82, 2.24) is 10.2 Å². The first-order valence-corrected chi connectivity index (χ1v) is 9.05. The highest BCUT2D eigenvalue weighted by Crippen LogP contribution is 2.27. The predicted octanol–water partition coefficient (Wildman–Crippen LogP) is 2.67. The quantitative estimate of drug-likeness (QED) is 0.748. The number of nitrogens with zero attached hydrogens (tertiary/aromatic N) is 2. The molecule has 2 aromatic carbocycles. The van der Waals surface area contributed by atoms with Gasteiger partial charge in [-0.05, 0) is 24.3 Å². The lowest BCUT2D eigenvalue weighted by atomic mass is 10.2. The monoisotopic (exact) mass is 379 g/mol. The molecule has 0 unspecified atom stereocenters. The molecule has 7 nitrogen and oxygen atoms in total. The van der Waals surface area contributed by atoms with Gasteiger partial charge in [0.2, 0.25) is 0 Å². The Balaban J connectivity index is 1.92. The van der Waals surface area contributed by atoms with Crippen LogP contribution in [0.5, 0.6) is 0 Å². The van der Waals surface area contributed by atoms with Crippen LogP contribution in [0.1, 0.15) is 10.4 Å². The fraction of sp³-hybridized carbons (Fsp3) is 0.0625. The molecule has 10 heteroatoms. The number of benzene rings is 2. The number of carbonyl (C=O) groups is 1. The third-order valence-corrected chi connectivity index (χ3v) is 4.51. The summed E-state index contributed by atoms with van der Waals surface area (Å²) in [5, 5.41) is 9.30. The standard InChI is InChI=1S/C16H11F2N3O4S/c1-26(23,24)12-8-3-2-5-9(12)15-20-21-16(25-15)19-14(22)13-10(17)6-4-7-11(13)18/h2-8H,1H3,(H,19,21,22). The summed E-state index contributed by atoms with van der Waals surface area (Å²) in [7, 11) is -3.56. The zero-order valence-corrected chi connectivity index (χ0v) is 14.0. The molecular formula is C16H11F2N3O4S. The molecular weight excluding hydrogens is 368 g/mol. The van der Waals surface area contributed by atoms with E-state index < -0.39 is 39.0 Å². The van der Waals surface area contributed by atoms with Gasteiger partial charge in [0, 0.05) is 6.26 Å². The number of aromatic nitrogens is 2. The van der Waals surface area contributed by atoms with Crippen LogP contribution in [0.15, 0.2) is 51.8 Å². The molecule has 0 atom stereocenters. The van der Waals surface area contributed by atoms with Crippen molar-refractivity contribution in [3.63, 3.8) is 0 Å². The maximum absolute atomic E-state index is 13.6. The molecule has 0 fully saturated rings. The normalized spacial score (nSPS) is 11.3. The maximum Gasteiger partial charge on any atom is 0.322 e. The highest BCUT2D eigenvalue weighted by Gasteiger charge is 2.22. The van der Waals surface area contributed by atoms with Crippen LogP contribution in [0.4, 0.5) is 14.8 Å². The van der Waals surface area contributed by atoms with Crippen LogP contribution in [0.2, 0.25) is 0 Å². The van der Waals surface area contributed by atoms with Gasteiger partial charge in [-0.15, -0.1) is 5.10 Å². The number of hydrogen-bond acceptors (Lipinski definition) is 6. The molecule has 1 N–H and O–H groups in total. The second-order valence-electron chi connectivity index (χ2n) is 5.23. The molecule has 0 aliphatic heterocycles. The summed E-state index contributed by atoms with van der Waals surface area (Å²) >= 11 is 0. The van der Waals surface area contributed by atoms with Gasteiger partial charge in [-0.25, -0.2) is 17.2 Å². The Labute approximate surface area is 146 Å². The van der Waals surface area contributed by atoms with E-state index in [2.05, 4.69) is 15.5 Å². The SMILES string of the molecule is CS(=O)(=O)c1ccccc1-c1nnc(NC(=O)c2c(F)cccc2F)o1. The smallest absolute Gasteiger partial charge is 0.322 e. The molecule has 26 heavy (non-hydrogen) atoms. The fourth-order valence-electron chi connectivity index (χ4n) is 2.22. The molecule has 3 rings (SSSR count). The first kappa shape index (κ1) is 17.7. The van der Waals surface area contributed by atoms with E-state index in [1.54, 1.807) is 6.07 Å². The van der Waals surface area contributed by atoms with Gasteiger partial charge < -0.3 is 4.42 Å². The number of carbonyl (C=O) groups excluding carboxylic acids is 1. The van der Waals surface area contributed by atoms with E-state index >= 15 is 0 Å². The van der Waals surface area contributed by atoms with Gasteiger partial charge in [0.1, 0.15) is 17.2 Å². The minimum atomic E-state index is -3.56. The third-order valence-electron chi connectivity index (χ3n) is 3.35. The van der Waals surface area contributed by atoms with Gasteiger partial charge in [-0.1, -0.05) is 23.3 Å². The van der Waals surface area contributed by atoms with Gasteiger partial charge in [0.25, 0.3) is 11.8 Å². The summed E-state index contributed by atoms with van der Waals surface area (Å²) in [5.41, 5.74) is -0.663. The summed E-state index contributed by atoms with van der Waals surface area (Å²) in [6.45, 7) is 0. The molecule has 1 heterocycles. The van der Waals surface area contributed by atoms with Crippen molar-refractivity contribution in [1.29, 1.82) is 0 Å². The maximum atomic E-state index is 13.6. The van der Waals surface area contributed by atoms with Crippen LogP contribution in [-0.2, 0) is 9.84 Å². The number of nitrogens with one attached hydrogen (secondary N) is 1. The van der Waals surface area contributed by atoms with E-state index in [0.29, 0.717) is 0 Å². The number of rotatable bonds is 4. The Kier molecular flexibility index (Phi) is 4.51. The number of anilines is 1. The van der Waals surface area contributed by atoms with Crippen LogP contribution in [0.3, 0.4) is 0 Å². The molecule has 0 aliphatic carbocycles. The van der Waals surface area contributed by atoms with Gasteiger partial charge >= 0.3 is 6.01 Å². The third kappa shape index (κ3) is 3.45. The minimum Gasteiger partial charge on any atom is -0.403 e. The molecule has 3 aromatic rings. The van der Waals surface area contributed by atoms with Crippen molar-refractivity contribution >= 4 is 21.8 Å². The Morgan fingerprint density at radius 1 is 1.04 bits per heavy atom. The zero-order valence-electron chi connectivity index (χ0n) is 13.2. The van der Waals surface area contributed by atoms with Gasteiger partial charge in [-0.3, -0.25) is 10.1 Å². The molecule has 0 radical (unpaired) electrons. The second kappa shape index (κ2) is 6.64. The van der Waals surface area contributed by atoms with E-state index in [-0.39, 0.29) is 16.3 Å². The number of halogens is 2. The van der Waals surface area contributed by atoms with Gasteiger partial charge in [0.15, 0.2) is 9.84 Å². The van der Waals surface area contributed by atoms with E-state index in [1.807, 2.05) is 0 Å². The Morgan fingerprint density at radius 2 is 1.69 bits per heavy atom. The number of amides is 1. The van der Waals surface area contributed by atoms with Crippen LogP contribution < -0.4 is 5.32 Å². The van der Waals surface area contributed by atoms with Crippen molar-refractivity contribution in [2.45, 2.75) is 4.90 Å². The fourth-order valence-corrected chi connectivity index (χ4v) is 3.10. The van der Waals surface area contributed by atoms with Crippen molar-refractivity contribution in [2.24, 2.45) is 0 Å². The molecule has 0 saturated carbocycles. The first-order valence-electron chi connectivity index (χ1n) is 7.15. The van der Waals surface area contributed by atoms with Gasteiger partial charge in [-0.2, -0.15) is 0 Å². The Morgan fingerprint density at radius 3 is 2.35 bits per heavy atom. The largest absolute Gasteiger partial charge is 0.403 e. The van der Waals surface area contributed by atoms with Gasteiger partial charge in [0.05, 0.1) is 10.5 Å². The molecule has 0 saturated heterocycles. The van der Waals surface area contributed by atoms with Crippen molar-refractivity contribution in [3.05, 3.63) is 59.7 Å². The van der Waals surface area contributed by atoms with Crippen LogP contribution >= 0.6 is 0 Å².